The Bertz CT molecular complexity index is 1170. The van der Waals surface area contributed by atoms with Crippen molar-refractivity contribution in [3.05, 3.63) is 78.4 Å². The van der Waals surface area contributed by atoms with Crippen LogP contribution >= 0.6 is 0 Å². The number of carbonyl (C=O) groups excluding carboxylic acids is 1. The van der Waals surface area contributed by atoms with E-state index in [0.29, 0.717) is 34.5 Å². The molecule has 1 aromatic heterocycles. The van der Waals surface area contributed by atoms with Gasteiger partial charge in [-0.15, -0.1) is 10.2 Å². The predicted octanol–water partition coefficient (Wildman–Crippen LogP) is 5.36. The Morgan fingerprint density at radius 2 is 1.60 bits per heavy atom. The predicted molar refractivity (Wildman–Crippen MR) is 116 cm³/mol. The van der Waals surface area contributed by atoms with E-state index in [-0.39, 0.29) is 6.03 Å². The summed E-state index contributed by atoms with van der Waals surface area (Å²) in [5, 5.41) is 13.9. The Balaban J connectivity index is 1.50. The molecule has 0 fully saturated rings. The Labute approximate surface area is 173 Å². The summed E-state index contributed by atoms with van der Waals surface area (Å²) < 4.78 is 11.1. The number of carbonyl (C=O) groups is 1. The third-order valence-electron chi connectivity index (χ3n) is 4.42. The molecule has 0 spiro atoms. The number of aryl methyl sites for hydroxylation is 1. The SMILES string of the molecule is COc1ccc(C)cc1NC(=O)Nc1cccc(-c2nnc(-c3ccccc3)o2)c1. The lowest BCUT2D eigenvalue weighted by molar-refractivity contribution is 0.262. The van der Waals surface area contributed by atoms with Gasteiger partial charge in [0, 0.05) is 16.8 Å². The average Bonchev–Trinajstić information content (AvgIpc) is 3.25. The van der Waals surface area contributed by atoms with E-state index in [4.69, 9.17) is 9.15 Å². The molecule has 0 aliphatic heterocycles. The van der Waals surface area contributed by atoms with Crippen LogP contribution in [0.5, 0.6) is 5.75 Å². The highest BCUT2D eigenvalue weighted by molar-refractivity contribution is 6.01. The van der Waals surface area contributed by atoms with E-state index in [2.05, 4.69) is 20.8 Å². The maximum absolute atomic E-state index is 12.5. The summed E-state index contributed by atoms with van der Waals surface area (Å²) in [6, 6.07) is 21.9. The highest BCUT2D eigenvalue weighted by Crippen LogP contribution is 2.27. The largest absolute Gasteiger partial charge is 0.495 e. The number of urea groups is 1. The molecule has 4 rings (SSSR count). The number of hydrogen-bond donors (Lipinski definition) is 2. The second kappa shape index (κ2) is 8.48. The number of benzene rings is 3. The number of ether oxygens (including phenoxy) is 1. The van der Waals surface area contributed by atoms with Crippen LogP contribution in [-0.2, 0) is 0 Å². The van der Waals surface area contributed by atoms with Gasteiger partial charge in [-0.2, -0.15) is 0 Å². The number of rotatable bonds is 5. The van der Waals surface area contributed by atoms with Gasteiger partial charge in [0.2, 0.25) is 11.8 Å². The molecule has 7 heteroatoms. The van der Waals surface area contributed by atoms with Crippen molar-refractivity contribution in [3.63, 3.8) is 0 Å². The summed E-state index contributed by atoms with van der Waals surface area (Å²) in [6.07, 6.45) is 0. The van der Waals surface area contributed by atoms with Crippen LogP contribution in [0.3, 0.4) is 0 Å². The fourth-order valence-electron chi connectivity index (χ4n) is 2.97. The minimum absolute atomic E-state index is 0.373. The Hall–Kier alpha value is -4.13. The van der Waals surface area contributed by atoms with Gasteiger partial charge in [-0.05, 0) is 55.0 Å². The Morgan fingerprint density at radius 3 is 2.37 bits per heavy atom. The number of aromatic nitrogens is 2. The monoisotopic (exact) mass is 400 g/mol. The van der Waals surface area contributed by atoms with Gasteiger partial charge in [-0.3, -0.25) is 0 Å². The van der Waals surface area contributed by atoms with E-state index in [1.165, 1.54) is 0 Å². The standard InChI is InChI=1S/C23H20N4O3/c1-15-11-12-20(29-2)19(13-15)25-23(28)24-18-10-6-9-17(14-18)22-27-26-21(30-22)16-7-4-3-5-8-16/h3-14H,1-2H3,(H2,24,25,28). The molecule has 7 nitrogen and oxygen atoms in total. The maximum atomic E-state index is 12.5. The summed E-state index contributed by atoms with van der Waals surface area (Å²) >= 11 is 0. The van der Waals surface area contributed by atoms with Crippen molar-refractivity contribution in [3.8, 4) is 28.7 Å². The normalized spacial score (nSPS) is 10.5. The van der Waals surface area contributed by atoms with Crippen molar-refractivity contribution in [2.24, 2.45) is 0 Å². The van der Waals surface area contributed by atoms with Crippen molar-refractivity contribution in [1.29, 1.82) is 0 Å². The van der Waals surface area contributed by atoms with Crippen LogP contribution in [0.15, 0.2) is 77.2 Å². The van der Waals surface area contributed by atoms with Gasteiger partial charge in [0.15, 0.2) is 0 Å². The molecule has 0 bridgehead atoms. The minimum atomic E-state index is -0.383. The van der Waals surface area contributed by atoms with Crippen molar-refractivity contribution in [2.75, 3.05) is 17.7 Å². The zero-order chi connectivity index (χ0) is 20.9. The smallest absolute Gasteiger partial charge is 0.323 e. The highest BCUT2D eigenvalue weighted by Gasteiger charge is 2.12. The van der Waals surface area contributed by atoms with E-state index in [1.807, 2.05) is 67.6 Å². The second-order valence-corrected chi connectivity index (χ2v) is 6.64. The maximum Gasteiger partial charge on any atom is 0.323 e. The molecule has 0 saturated heterocycles. The van der Waals surface area contributed by atoms with Gasteiger partial charge in [0.1, 0.15) is 5.75 Å². The fraction of sp³-hybridized carbons (Fsp3) is 0.0870. The van der Waals surface area contributed by atoms with Crippen LogP contribution in [0.2, 0.25) is 0 Å². The molecule has 0 aliphatic rings. The lowest BCUT2D eigenvalue weighted by Crippen LogP contribution is -2.19. The molecule has 2 N–H and O–H groups in total. The number of nitrogens with zero attached hydrogens (tertiary/aromatic N) is 2. The minimum Gasteiger partial charge on any atom is -0.495 e. The molecule has 0 aliphatic carbocycles. The molecule has 3 aromatic carbocycles. The molecule has 150 valence electrons. The molecule has 4 aromatic rings. The van der Waals surface area contributed by atoms with E-state index in [0.717, 1.165) is 11.1 Å². The van der Waals surface area contributed by atoms with Crippen molar-refractivity contribution < 1.29 is 13.9 Å². The molecule has 2 amide bonds. The number of nitrogens with one attached hydrogen (secondary N) is 2. The topological polar surface area (TPSA) is 89.3 Å². The lowest BCUT2D eigenvalue weighted by Gasteiger charge is -2.12. The van der Waals surface area contributed by atoms with E-state index in [1.54, 1.807) is 19.2 Å². The van der Waals surface area contributed by atoms with Crippen LogP contribution in [-0.4, -0.2) is 23.3 Å². The number of amides is 2. The van der Waals surface area contributed by atoms with Gasteiger partial charge >= 0.3 is 6.03 Å². The Kier molecular flexibility index (Phi) is 5.43. The fourth-order valence-corrected chi connectivity index (χ4v) is 2.97. The first-order valence-electron chi connectivity index (χ1n) is 9.34. The van der Waals surface area contributed by atoms with Gasteiger partial charge in [0.05, 0.1) is 12.8 Å². The van der Waals surface area contributed by atoms with Crippen LogP contribution in [0.25, 0.3) is 22.9 Å². The van der Waals surface area contributed by atoms with Crippen molar-refractivity contribution in [1.82, 2.24) is 10.2 Å². The Morgan fingerprint density at radius 1 is 0.867 bits per heavy atom. The summed E-state index contributed by atoms with van der Waals surface area (Å²) in [6.45, 7) is 1.94. The van der Waals surface area contributed by atoms with Gasteiger partial charge in [-0.25, -0.2) is 4.79 Å². The number of methoxy groups -OCH3 is 1. The first-order chi connectivity index (χ1) is 14.6. The third kappa shape index (κ3) is 4.30. The molecule has 0 radical (unpaired) electrons. The van der Waals surface area contributed by atoms with Crippen LogP contribution in [0.4, 0.5) is 16.2 Å². The highest BCUT2D eigenvalue weighted by atomic mass is 16.5. The molecule has 0 atom stereocenters. The van der Waals surface area contributed by atoms with E-state index in [9.17, 15) is 4.79 Å². The number of anilines is 2. The van der Waals surface area contributed by atoms with Crippen LogP contribution in [0.1, 0.15) is 5.56 Å². The lowest BCUT2D eigenvalue weighted by atomic mass is 10.2. The molecule has 0 saturated carbocycles. The molecule has 1 heterocycles. The summed E-state index contributed by atoms with van der Waals surface area (Å²) in [4.78, 5) is 12.5. The quantitative estimate of drug-likeness (QED) is 0.470. The zero-order valence-corrected chi connectivity index (χ0v) is 16.5. The van der Waals surface area contributed by atoms with Crippen LogP contribution in [0, 0.1) is 6.92 Å². The first kappa shape index (κ1) is 19.2. The van der Waals surface area contributed by atoms with E-state index < -0.39 is 0 Å². The molecule has 0 unspecified atom stereocenters. The molecular formula is C23H20N4O3. The second-order valence-electron chi connectivity index (χ2n) is 6.64. The zero-order valence-electron chi connectivity index (χ0n) is 16.5. The van der Waals surface area contributed by atoms with Crippen molar-refractivity contribution in [2.45, 2.75) is 6.92 Å². The van der Waals surface area contributed by atoms with E-state index >= 15 is 0 Å². The molecule has 30 heavy (non-hydrogen) atoms. The summed E-state index contributed by atoms with van der Waals surface area (Å²) in [7, 11) is 1.56. The molecular weight excluding hydrogens is 380 g/mol. The first-order valence-corrected chi connectivity index (χ1v) is 9.34. The van der Waals surface area contributed by atoms with Crippen LogP contribution < -0.4 is 15.4 Å². The third-order valence-corrected chi connectivity index (χ3v) is 4.42. The van der Waals surface area contributed by atoms with Crippen molar-refractivity contribution >= 4 is 17.4 Å². The summed E-state index contributed by atoms with van der Waals surface area (Å²) in [5.41, 5.74) is 3.75. The average molecular weight is 400 g/mol. The summed E-state index contributed by atoms with van der Waals surface area (Å²) in [5.74, 6) is 1.40. The van der Waals surface area contributed by atoms with Gasteiger partial charge in [-0.1, -0.05) is 30.3 Å². The van der Waals surface area contributed by atoms with Gasteiger partial charge < -0.3 is 19.8 Å². The number of hydrogen-bond acceptors (Lipinski definition) is 5. The van der Waals surface area contributed by atoms with Gasteiger partial charge in [0.25, 0.3) is 0 Å².